The van der Waals surface area contributed by atoms with Crippen LogP contribution in [0.4, 0.5) is 0 Å². The topological polar surface area (TPSA) is 58.7 Å². The Kier molecular flexibility index (Phi) is 4.58. The van der Waals surface area contributed by atoms with Crippen LogP contribution in [0.3, 0.4) is 0 Å². The van der Waals surface area contributed by atoms with Gasteiger partial charge in [-0.1, -0.05) is 12.1 Å². The minimum Gasteiger partial charge on any atom is -0.497 e. The van der Waals surface area contributed by atoms with Gasteiger partial charge in [0.05, 0.1) is 13.2 Å². The van der Waals surface area contributed by atoms with E-state index >= 15 is 0 Å². The maximum atomic E-state index is 10.2. The summed E-state index contributed by atoms with van der Waals surface area (Å²) >= 11 is 0. The third kappa shape index (κ3) is 3.45. The molecule has 1 aromatic carbocycles. The van der Waals surface area contributed by atoms with Gasteiger partial charge in [-0.05, 0) is 43.6 Å². The zero-order chi connectivity index (χ0) is 13.0. The fourth-order valence-corrected chi connectivity index (χ4v) is 2.31. The van der Waals surface area contributed by atoms with Crippen LogP contribution in [-0.2, 0) is 0 Å². The Morgan fingerprint density at radius 1 is 1.33 bits per heavy atom. The molecule has 0 bridgehead atoms. The maximum absolute atomic E-state index is 10.2. The Morgan fingerprint density at radius 3 is 2.50 bits per heavy atom. The number of ether oxygens (including phenoxy) is 1. The van der Waals surface area contributed by atoms with Crippen molar-refractivity contribution in [1.29, 1.82) is 0 Å². The molecular formula is C14H22N2O2. The van der Waals surface area contributed by atoms with Gasteiger partial charge in [-0.3, -0.25) is 0 Å². The van der Waals surface area contributed by atoms with E-state index in [0.717, 1.165) is 37.2 Å². The Morgan fingerprint density at radius 2 is 1.94 bits per heavy atom. The van der Waals surface area contributed by atoms with Gasteiger partial charge in [-0.15, -0.1) is 0 Å². The summed E-state index contributed by atoms with van der Waals surface area (Å²) in [5, 5.41) is 10.2. The van der Waals surface area contributed by atoms with E-state index in [4.69, 9.17) is 10.5 Å². The highest BCUT2D eigenvalue weighted by Gasteiger charge is 2.19. The number of methoxy groups -OCH3 is 1. The van der Waals surface area contributed by atoms with Crippen LogP contribution < -0.4 is 10.5 Å². The number of hydrogen-bond acceptors (Lipinski definition) is 4. The molecule has 0 spiro atoms. The maximum Gasteiger partial charge on any atom is 0.118 e. The Balaban J connectivity index is 1.88. The highest BCUT2D eigenvalue weighted by Crippen LogP contribution is 2.19. The van der Waals surface area contributed by atoms with E-state index in [9.17, 15) is 5.11 Å². The lowest BCUT2D eigenvalue weighted by molar-refractivity contribution is 0.0976. The molecule has 1 aliphatic rings. The molecule has 1 fully saturated rings. The number of nitrogens with two attached hydrogens (primary N) is 1. The lowest BCUT2D eigenvalue weighted by Crippen LogP contribution is -2.41. The summed E-state index contributed by atoms with van der Waals surface area (Å²) in [6, 6.07) is 7.92. The van der Waals surface area contributed by atoms with Crippen LogP contribution >= 0.6 is 0 Å². The van der Waals surface area contributed by atoms with Gasteiger partial charge < -0.3 is 20.5 Å². The summed E-state index contributed by atoms with van der Waals surface area (Å²) < 4.78 is 5.10. The number of aliphatic hydroxyl groups is 1. The zero-order valence-corrected chi connectivity index (χ0v) is 10.9. The van der Waals surface area contributed by atoms with Crippen molar-refractivity contribution in [3.63, 3.8) is 0 Å². The van der Waals surface area contributed by atoms with Gasteiger partial charge in [0.2, 0.25) is 0 Å². The van der Waals surface area contributed by atoms with Crippen LogP contribution in [0, 0.1) is 0 Å². The highest BCUT2D eigenvalue weighted by molar-refractivity contribution is 5.28. The first-order valence-corrected chi connectivity index (χ1v) is 6.49. The molecule has 1 aromatic rings. The smallest absolute Gasteiger partial charge is 0.118 e. The van der Waals surface area contributed by atoms with Gasteiger partial charge in [0, 0.05) is 12.6 Å². The van der Waals surface area contributed by atoms with E-state index in [1.807, 2.05) is 24.3 Å². The van der Waals surface area contributed by atoms with E-state index in [1.165, 1.54) is 0 Å². The quantitative estimate of drug-likeness (QED) is 0.841. The number of nitrogens with zero attached hydrogens (tertiary/aromatic N) is 1. The summed E-state index contributed by atoms with van der Waals surface area (Å²) in [4.78, 5) is 2.28. The van der Waals surface area contributed by atoms with Gasteiger partial charge >= 0.3 is 0 Å². The largest absolute Gasteiger partial charge is 0.497 e. The molecule has 1 heterocycles. The number of β-amino-alcohol motifs (C(OH)–C–C–N with tert-alkyl or cyclic N) is 1. The van der Waals surface area contributed by atoms with Crippen molar-refractivity contribution in [3.05, 3.63) is 29.8 Å². The minimum atomic E-state index is -0.440. The van der Waals surface area contributed by atoms with E-state index in [1.54, 1.807) is 7.11 Å². The number of hydrogen-bond donors (Lipinski definition) is 2. The lowest BCUT2D eigenvalue weighted by atomic mass is 10.0. The molecule has 0 unspecified atom stereocenters. The third-order valence-corrected chi connectivity index (χ3v) is 3.56. The Labute approximate surface area is 108 Å². The average Bonchev–Trinajstić information content (AvgIpc) is 2.41. The molecule has 100 valence electrons. The SMILES string of the molecule is COc1ccc([C@H](O)CN2CCC(N)CC2)cc1. The molecule has 0 aliphatic carbocycles. The second-order valence-electron chi connectivity index (χ2n) is 4.93. The molecule has 0 aromatic heterocycles. The van der Waals surface area contributed by atoms with Gasteiger partial charge in [-0.2, -0.15) is 0 Å². The molecule has 4 heteroatoms. The van der Waals surface area contributed by atoms with Gasteiger partial charge in [0.25, 0.3) is 0 Å². The van der Waals surface area contributed by atoms with Gasteiger partial charge in [0.1, 0.15) is 5.75 Å². The second kappa shape index (κ2) is 6.18. The Hall–Kier alpha value is -1.10. The summed E-state index contributed by atoms with van der Waals surface area (Å²) in [6.07, 6.45) is 1.61. The summed E-state index contributed by atoms with van der Waals surface area (Å²) in [7, 11) is 1.64. The number of benzene rings is 1. The van der Waals surface area contributed by atoms with Crippen LogP contribution in [0.15, 0.2) is 24.3 Å². The standard InChI is InChI=1S/C14H22N2O2/c1-18-13-4-2-11(3-5-13)14(17)10-16-8-6-12(15)7-9-16/h2-5,12,14,17H,6-10,15H2,1H3/t14-/m1/s1. The highest BCUT2D eigenvalue weighted by atomic mass is 16.5. The summed E-state index contributed by atoms with van der Waals surface area (Å²) in [5.74, 6) is 0.815. The number of likely N-dealkylation sites (tertiary alicyclic amines) is 1. The average molecular weight is 250 g/mol. The fraction of sp³-hybridized carbons (Fsp3) is 0.571. The molecule has 18 heavy (non-hydrogen) atoms. The second-order valence-corrected chi connectivity index (χ2v) is 4.93. The first-order valence-electron chi connectivity index (χ1n) is 6.49. The molecule has 2 rings (SSSR count). The summed E-state index contributed by atoms with van der Waals surface area (Å²) in [5.41, 5.74) is 6.80. The monoisotopic (exact) mass is 250 g/mol. The van der Waals surface area contributed by atoms with Crippen LogP contribution in [0.1, 0.15) is 24.5 Å². The van der Waals surface area contributed by atoms with E-state index < -0.39 is 6.10 Å². The van der Waals surface area contributed by atoms with Crippen molar-refractivity contribution < 1.29 is 9.84 Å². The van der Waals surface area contributed by atoms with Gasteiger partial charge in [0.15, 0.2) is 0 Å². The van der Waals surface area contributed by atoms with Crippen LogP contribution in [0.2, 0.25) is 0 Å². The van der Waals surface area contributed by atoms with E-state index in [0.29, 0.717) is 12.6 Å². The molecule has 1 atom stereocenters. The number of aliphatic hydroxyl groups excluding tert-OH is 1. The zero-order valence-electron chi connectivity index (χ0n) is 10.9. The van der Waals surface area contributed by atoms with Crippen LogP contribution in [-0.4, -0.2) is 42.8 Å². The molecular weight excluding hydrogens is 228 g/mol. The molecule has 1 saturated heterocycles. The fourth-order valence-electron chi connectivity index (χ4n) is 2.31. The van der Waals surface area contributed by atoms with Crippen molar-refractivity contribution in [2.45, 2.75) is 25.0 Å². The van der Waals surface area contributed by atoms with Crippen molar-refractivity contribution >= 4 is 0 Å². The van der Waals surface area contributed by atoms with Crippen LogP contribution in [0.5, 0.6) is 5.75 Å². The van der Waals surface area contributed by atoms with Gasteiger partial charge in [-0.25, -0.2) is 0 Å². The number of piperidine rings is 1. The van der Waals surface area contributed by atoms with Crippen molar-refractivity contribution in [2.75, 3.05) is 26.7 Å². The molecule has 0 amide bonds. The van der Waals surface area contributed by atoms with Crippen molar-refractivity contribution in [1.82, 2.24) is 4.90 Å². The normalized spacial score (nSPS) is 19.7. The predicted octanol–water partition coefficient (Wildman–Crippen LogP) is 1.15. The van der Waals surface area contributed by atoms with Crippen LogP contribution in [0.25, 0.3) is 0 Å². The molecule has 3 N–H and O–H groups in total. The van der Waals surface area contributed by atoms with E-state index in [2.05, 4.69) is 4.90 Å². The first kappa shape index (κ1) is 13.3. The Bertz CT molecular complexity index is 359. The van der Waals surface area contributed by atoms with Crippen molar-refractivity contribution in [2.24, 2.45) is 5.73 Å². The molecule has 0 radical (unpaired) electrons. The minimum absolute atomic E-state index is 0.333. The van der Waals surface area contributed by atoms with Crippen molar-refractivity contribution in [3.8, 4) is 5.75 Å². The molecule has 4 nitrogen and oxygen atoms in total. The lowest BCUT2D eigenvalue weighted by Gasteiger charge is -2.31. The molecule has 1 aliphatic heterocycles. The predicted molar refractivity (Wildman–Crippen MR) is 71.6 cm³/mol. The number of rotatable bonds is 4. The third-order valence-electron chi connectivity index (χ3n) is 3.56. The first-order chi connectivity index (χ1) is 8.69. The summed E-state index contributed by atoms with van der Waals surface area (Å²) in [6.45, 7) is 2.64. The molecule has 0 saturated carbocycles. The van der Waals surface area contributed by atoms with E-state index in [-0.39, 0.29) is 0 Å².